The molecule has 2 aromatic carbocycles. The fourth-order valence-electron chi connectivity index (χ4n) is 3.48. The quantitative estimate of drug-likeness (QED) is 0.553. The van der Waals surface area contributed by atoms with Gasteiger partial charge in [0.2, 0.25) is 10.0 Å². The van der Waals surface area contributed by atoms with E-state index >= 15 is 0 Å². The third kappa shape index (κ3) is 4.75. The lowest BCUT2D eigenvalue weighted by molar-refractivity contribution is 0.146. The fraction of sp³-hybridized carbons (Fsp3) is 0.300. The molecule has 1 aliphatic rings. The van der Waals surface area contributed by atoms with Crippen molar-refractivity contribution >= 4 is 33.2 Å². The van der Waals surface area contributed by atoms with Crippen molar-refractivity contribution in [3.8, 4) is 11.4 Å². The van der Waals surface area contributed by atoms with Gasteiger partial charge in [0.05, 0.1) is 21.6 Å². The monoisotopic (exact) mass is 483 g/mol. The highest BCUT2D eigenvalue weighted by molar-refractivity contribution is 7.89. The van der Waals surface area contributed by atoms with Gasteiger partial charge in [0.25, 0.3) is 0 Å². The summed E-state index contributed by atoms with van der Waals surface area (Å²) in [6, 6.07) is 10.4. The van der Waals surface area contributed by atoms with Crippen LogP contribution in [0.25, 0.3) is 11.4 Å². The van der Waals surface area contributed by atoms with Gasteiger partial charge in [-0.25, -0.2) is 22.5 Å². The Labute approximate surface area is 190 Å². The zero-order valence-electron chi connectivity index (χ0n) is 16.7. The Morgan fingerprint density at radius 1 is 1.03 bits per heavy atom. The highest BCUT2D eigenvalue weighted by Gasteiger charge is 2.29. The van der Waals surface area contributed by atoms with E-state index in [4.69, 9.17) is 23.2 Å². The molecular formula is C20H20Cl2FN5O2S. The lowest BCUT2D eigenvalue weighted by atomic mass is 10.2. The number of halogens is 3. The SMILES string of the molecule is Cc1nc(-c2ccc(Cl)c(Cl)c2)n(CN2CCN(S(=O)(=O)c3cccc(F)c3)CC2)n1. The Kier molecular flexibility index (Phi) is 6.32. The lowest BCUT2D eigenvalue weighted by Gasteiger charge is -2.33. The van der Waals surface area contributed by atoms with E-state index < -0.39 is 15.8 Å². The smallest absolute Gasteiger partial charge is 0.243 e. The molecule has 0 N–H and O–H groups in total. The van der Waals surface area contributed by atoms with E-state index in [9.17, 15) is 12.8 Å². The molecular weight excluding hydrogens is 464 g/mol. The zero-order valence-corrected chi connectivity index (χ0v) is 19.0. The van der Waals surface area contributed by atoms with E-state index in [-0.39, 0.29) is 4.90 Å². The molecule has 1 aliphatic heterocycles. The van der Waals surface area contributed by atoms with Gasteiger partial charge in [-0.15, -0.1) is 0 Å². The summed E-state index contributed by atoms with van der Waals surface area (Å²) < 4.78 is 42.2. The molecule has 0 bridgehead atoms. The maximum absolute atomic E-state index is 13.5. The minimum Gasteiger partial charge on any atom is -0.282 e. The molecule has 0 atom stereocenters. The number of hydrogen-bond acceptors (Lipinski definition) is 5. The van der Waals surface area contributed by atoms with Crippen molar-refractivity contribution in [1.29, 1.82) is 0 Å². The molecule has 1 saturated heterocycles. The molecule has 2 heterocycles. The molecule has 1 fully saturated rings. The second-order valence-corrected chi connectivity index (χ2v) is 9.98. The van der Waals surface area contributed by atoms with Gasteiger partial charge >= 0.3 is 0 Å². The van der Waals surface area contributed by atoms with Gasteiger partial charge < -0.3 is 0 Å². The summed E-state index contributed by atoms with van der Waals surface area (Å²) >= 11 is 12.2. The fourth-order valence-corrected chi connectivity index (χ4v) is 5.23. The Bertz CT molecular complexity index is 1210. The molecule has 1 aromatic heterocycles. The van der Waals surface area contributed by atoms with Gasteiger partial charge in [0.1, 0.15) is 11.6 Å². The van der Waals surface area contributed by atoms with Crippen molar-refractivity contribution < 1.29 is 12.8 Å². The normalized spacial score (nSPS) is 16.0. The molecule has 0 aliphatic carbocycles. The molecule has 0 radical (unpaired) electrons. The van der Waals surface area contributed by atoms with Crippen molar-refractivity contribution in [1.82, 2.24) is 24.0 Å². The van der Waals surface area contributed by atoms with Crippen LogP contribution < -0.4 is 0 Å². The summed E-state index contributed by atoms with van der Waals surface area (Å²) in [6.45, 7) is 3.87. The third-order valence-corrected chi connectivity index (χ3v) is 7.69. The number of aromatic nitrogens is 3. The maximum atomic E-state index is 13.5. The Hall–Kier alpha value is -2.04. The lowest BCUT2D eigenvalue weighted by Crippen LogP contribution is -2.49. The summed E-state index contributed by atoms with van der Waals surface area (Å²) in [5, 5.41) is 5.37. The van der Waals surface area contributed by atoms with E-state index in [1.165, 1.54) is 22.5 Å². The van der Waals surface area contributed by atoms with Gasteiger partial charge in [0.15, 0.2) is 5.82 Å². The Balaban J connectivity index is 1.47. The van der Waals surface area contributed by atoms with Gasteiger partial charge in [-0.2, -0.15) is 9.40 Å². The molecule has 0 spiro atoms. The number of piperazine rings is 1. The predicted molar refractivity (Wildman–Crippen MR) is 117 cm³/mol. The van der Waals surface area contributed by atoms with E-state index in [0.29, 0.717) is 54.5 Å². The molecule has 11 heteroatoms. The summed E-state index contributed by atoms with van der Waals surface area (Å²) in [5.74, 6) is 0.704. The number of hydrogen-bond donors (Lipinski definition) is 0. The van der Waals surface area contributed by atoms with Crippen LogP contribution in [0.4, 0.5) is 4.39 Å². The van der Waals surface area contributed by atoms with E-state index in [2.05, 4.69) is 15.0 Å². The summed E-state index contributed by atoms with van der Waals surface area (Å²) in [5.41, 5.74) is 0.794. The van der Waals surface area contributed by atoms with Gasteiger partial charge in [-0.05, 0) is 43.3 Å². The first kappa shape index (κ1) is 22.2. The van der Waals surface area contributed by atoms with Crippen LogP contribution in [0.3, 0.4) is 0 Å². The van der Waals surface area contributed by atoms with Crippen molar-refractivity contribution in [2.24, 2.45) is 0 Å². The van der Waals surface area contributed by atoms with E-state index in [0.717, 1.165) is 11.6 Å². The number of benzene rings is 2. The zero-order chi connectivity index (χ0) is 22.2. The van der Waals surface area contributed by atoms with Crippen molar-refractivity contribution in [3.05, 3.63) is 64.2 Å². The van der Waals surface area contributed by atoms with Crippen LogP contribution in [0.2, 0.25) is 10.0 Å². The molecule has 164 valence electrons. The van der Waals surface area contributed by atoms with Gasteiger partial charge in [-0.1, -0.05) is 29.3 Å². The number of rotatable bonds is 5. The standard InChI is InChI=1S/C20H20Cl2FN5O2S/c1-14-24-20(15-5-6-18(21)19(22)11-15)28(25-14)13-26-7-9-27(10-8-26)31(29,30)17-4-2-3-16(23)12-17/h2-6,11-12H,7-10,13H2,1H3. The largest absolute Gasteiger partial charge is 0.282 e. The molecule has 3 aromatic rings. The first-order chi connectivity index (χ1) is 14.7. The van der Waals surface area contributed by atoms with Crippen LogP contribution in [-0.2, 0) is 16.7 Å². The van der Waals surface area contributed by atoms with Crippen molar-refractivity contribution in [3.63, 3.8) is 0 Å². The number of nitrogens with zero attached hydrogens (tertiary/aromatic N) is 5. The average molecular weight is 484 g/mol. The number of sulfonamides is 1. The van der Waals surface area contributed by atoms with Crippen molar-refractivity contribution in [2.75, 3.05) is 26.2 Å². The summed E-state index contributed by atoms with van der Waals surface area (Å²) in [7, 11) is -3.73. The molecule has 0 amide bonds. The van der Waals surface area contributed by atoms with Crippen LogP contribution in [0.15, 0.2) is 47.4 Å². The second kappa shape index (κ2) is 8.84. The van der Waals surface area contributed by atoms with Crippen LogP contribution in [0.1, 0.15) is 5.82 Å². The van der Waals surface area contributed by atoms with E-state index in [1.807, 2.05) is 6.07 Å². The highest BCUT2D eigenvalue weighted by atomic mass is 35.5. The van der Waals surface area contributed by atoms with Crippen LogP contribution in [0.5, 0.6) is 0 Å². The first-order valence-electron chi connectivity index (χ1n) is 9.59. The minimum absolute atomic E-state index is 0.0326. The molecule has 4 rings (SSSR count). The third-order valence-electron chi connectivity index (χ3n) is 5.05. The minimum atomic E-state index is -3.73. The molecule has 0 unspecified atom stereocenters. The molecule has 7 nitrogen and oxygen atoms in total. The molecule has 0 saturated carbocycles. The van der Waals surface area contributed by atoms with Gasteiger partial charge in [0, 0.05) is 31.7 Å². The van der Waals surface area contributed by atoms with Crippen LogP contribution in [-0.4, -0.2) is 58.6 Å². The van der Waals surface area contributed by atoms with Gasteiger partial charge in [-0.3, -0.25) is 4.90 Å². The maximum Gasteiger partial charge on any atom is 0.243 e. The van der Waals surface area contributed by atoms with Crippen LogP contribution in [0, 0.1) is 12.7 Å². The van der Waals surface area contributed by atoms with Crippen LogP contribution >= 0.6 is 23.2 Å². The Morgan fingerprint density at radius 3 is 2.45 bits per heavy atom. The predicted octanol–water partition coefficient (Wildman–Crippen LogP) is 3.66. The molecule has 31 heavy (non-hydrogen) atoms. The summed E-state index contributed by atoms with van der Waals surface area (Å²) in [6.07, 6.45) is 0. The summed E-state index contributed by atoms with van der Waals surface area (Å²) in [4.78, 5) is 6.56. The number of aryl methyl sites for hydroxylation is 1. The average Bonchev–Trinajstić information content (AvgIpc) is 3.10. The van der Waals surface area contributed by atoms with Crippen molar-refractivity contribution in [2.45, 2.75) is 18.5 Å². The Morgan fingerprint density at radius 2 is 1.77 bits per heavy atom. The first-order valence-corrected chi connectivity index (χ1v) is 11.8. The highest BCUT2D eigenvalue weighted by Crippen LogP contribution is 2.28. The topological polar surface area (TPSA) is 71.3 Å². The van der Waals surface area contributed by atoms with E-state index in [1.54, 1.807) is 23.7 Å². The second-order valence-electron chi connectivity index (χ2n) is 7.23.